The van der Waals surface area contributed by atoms with Crippen molar-refractivity contribution in [2.75, 3.05) is 40.8 Å². The molecule has 0 heterocycles. The number of hydrogen-bond acceptors (Lipinski definition) is 0. The Kier molecular flexibility index (Phi) is 81.7. The van der Waals surface area contributed by atoms with E-state index in [0.717, 1.165) is 19.6 Å². The largest absolute Gasteiger partial charge is 0.665 e. The minimum absolute atomic E-state index is 0. The zero-order valence-electron chi connectivity index (χ0n) is 14.6. The smallest absolute Gasteiger partial charge is 0 e. The SMILES string of the molecule is CC[N-]C.CC[N-]C.CC[N-]C.[CH2-]C.[Hf].c1cc[cH-]c1. The van der Waals surface area contributed by atoms with Crippen molar-refractivity contribution in [1.82, 2.24) is 0 Å². The van der Waals surface area contributed by atoms with Gasteiger partial charge in [-0.3, -0.25) is 0 Å². The van der Waals surface area contributed by atoms with Gasteiger partial charge in [0.2, 0.25) is 0 Å². The maximum Gasteiger partial charge on any atom is 0 e. The molecule has 0 aliphatic heterocycles. The molecule has 0 unspecified atom stereocenters. The van der Waals surface area contributed by atoms with E-state index in [1.54, 1.807) is 28.1 Å². The maximum atomic E-state index is 3.74. The Hall–Kier alpha value is 0.100. The first-order valence-corrected chi connectivity index (χ1v) is 6.79. The Balaban J connectivity index is -0.0000000476. The van der Waals surface area contributed by atoms with Crippen LogP contribution in [0.3, 0.4) is 0 Å². The van der Waals surface area contributed by atoms with Crippen LogP contribution in [-0.2, 0) is 25.8 Å². The molecular weight excluding hydrogens is 413 g/mol. The van der Waals surface area contributed by atoms with Gasteiger partial charge < -0.3 is 22.9 Å². The zero-order valence-corrected chi connectivity index (χ0v) is 18.1. The number of nitrogens with zero attached hydrogens (tertiary/aromatic N) is 3. The Morgan fingerprint density at radius 3 is 1.00 bits per heavy atom. The molecule has 0 atom stereocenters. The normalized spacial score (nSPS) is 6.80. The molecule has 0 saturated heterocycles. The number of rotatable bonds is 3. The van der Waals surface area contributed by atoms with Crippen LogP contribution in [0.4, 0.5) is 0 Å². The molecule has 0 aliphatic carbocycles. The van der Waals surface area contributed by atoms with Gasteiger partial charge in [0.25, 0.3) is 0 Å². The van der Waals surface area contributed by atoms with Gasteiger partial charge in [-0.25, -0.2) is 12.1 Å². The van der Waals surface area contributed by atoms with Crippen LogP contribution < -0.4 is 0 Å². The van der Waals surface area contributed by atoms with Gasteiger partial charge in [-0.05, 0) is 0 Å². The fourth-order valence-corrected chi connectivity index (χ4v) is 0.321. The van der Waals surface area contributed by atoms with Crippen LogP contribution in [0.1, 0.15) is 27.7 Å². The third-order valence-electron chi connectivity index (χ3n) is 1.50. The van der Waals surface area contributed by atoms with Crippen LogP contribution in [0.5, 0.6) is 0 Å². The molecule has 1 aromatic carbocycles. The third-order valence-corrected chi connectivity index (χ3v) is 1.50. The predicted octanol–water partition coefficient (Wildman–Crippen LogP) is 5.27. The minimum Gasteiger partial charge on any atom is -0.665 e. The molecule has 122 valence electrons. The van der Waals surface area contributed by atoms with Crippen LogP contribution in [0.2, 0.25) is 0 Å². The fraction of sp³-hybridized carbons (Fsp3) is 0.625. The van der Waals surface area contributed by atoms with Crippen molar-refractivity contribution in [3.05, 3.63) is 53.2 Å². The monoisotopic (exact) mass is 448 g/mol. The van der Waals surface area contributed by atoms with Gasteiger partial charge >= 0.3 is 0 Å². The second kappa shape index (κ2) is 50.8. The van der Waals surface area contributed by atoms with E-state index in [0.29, 0.717) is 0 Å². The van der Waals surface area contributed by atoms with E-state index in [9.17, 15) is 0 Å². The average molecular weight is 447 g/mol. The molecule has 20 heavy (non-hydrogen) atoms. The van der Waals surface area contributed by atoms with E-state index in [4.69, 9.17) is 0 Å². The van der Waals surface area contributed by atoms with Gasteiger partial charge in [-0.1, -0.05) is 20.8 Å². The van der Waals surface area contributed by atoms with Crippen LogP contribution in [-0.4, -0.2) is 40.8 Å². The van der Waals surface area contributed by atoms with Gasteiger partial charge in [0, 0.05) is 25.8 Å². The summed E-state index contributed by atoms with van der Waals surface area (Å²) in [7, 11) is 5.42. The van der Waals surface area contributed by atoms with E-state index in [1.165, 1.54) is 0 Å². The standard InChI is InChI=1S/C5H5.3C3H8N.C2H5.Hf/c1-2-4-5-3-1;3*1-3-4-2;1-2;/h1-5H;3*3H2,1-2H3;1H2,2H3;/q5*-1;. The average Bonchev–Trinajstić information content (AvgIpc) is 3.09. The van der Waals surface area contributed by atoms with E-state index >= 15 is 0 Å². The summed E-state index contributed by atoms with van der Waals surface area (Å²) in [5.41, 5.74) is 0. The second-order valence-electron chi connectivity index (χ2n) is 2.86. The molecule has 1 aromatic rings. The van der Waals surface area contributed by atoms with Crippen LogP contribution >= 0.6 is 0 Å². The molecule has 0 amide bonds. The van der Waals surface area contributed by atoms with Crippen LogP contribution in [0.25, 0.3) is 16.0 Å². The van der Waals surface area contributed by atoms with Crippen molar-refractivity contribution >= 4 is 0 Å². The van der Waals surface area contributed by atoms with Crippen molar-refractivity contribution < 1.29 is 25.8 Å². The summed E-state index contributed by atoms with van der Waals surface area (Å²) < 4.78 is 0. The molecule has 0 aromatic heterocycles. The first-order valence-electron chi connectivity index (χ1n) is 6.79. The number of hydrogen-bond donors (Lipinski definition) is 0. The molecular formula is C16H34HfN3-5. The quantitative estimate of drug-likeness (QED) is 0.448. The summed E-state index contributed by atoms with van der Waals surface area (Å²) in [5.74, 6) is 0. The first kappa shape index (κ1) is 32.2. The van der Waals surface area contributed by atoms with Gasteiger partial charge in [0.1, 0.15) is 0 Å². The third kappa shape index (κ3) is 80.7. The van der Waals surface area contributed by atoms with Gasteiger partial charge in [-0.2, -0.15) is 65.9 Å². The summed E-state index contributed by atoms with van der Waals surface area (Å²) in [6.07, 6.45) is 0. The first-order chi connectivity index (χ1) is 9.24. The van der Waals surface area contributed by atoms with E-state index in [2.05, 4.69) is 22.9 Å². The van der Waals surface area contributed by atoms with Crippen LogP contribution in [0, 0.1) is 6.92 Å². The zero-order chi connectivity index (χ0) is 15.8. The van der Waals surface area contributed by atoms with Gasteiger partial charge in [0.05, 0.1) is 0 Å². The summed E-state index contributed by atoms with van der Waals surface area (Å²) in [6.45, 7) is 13.9. The predicted molar refractivity (Wildman–Crippen MR) is 92.5 cm³/mol. The van der Waals surface area contributed by atoms with Crippen molar-refractivity contribution in [2.45, 2.75) is 27.7 Å². The summed E-state index contributed by atoms with van der Waals surface area (Å²) >= 11 is 0. The molecule has 3 nitrogen and oxygen atoms in total. The van der Waals surface area contributed by atoms with Crippen molar-refractivity contribution in [2.24, 2.45) is 0 Å². The molecule has 0 saturated carbocycles. The van der Waals surface area contributed by atoms with Gasteiger partial charge in [0.15, 0.2) is 0 Å². The fourth-order valence-electron chi connectivity index (χ4n) is 0.321. The Morgan fingerprint density at radius 1 is 0.750 bits per heavy atom. The Morgan fingerprint density at radius 2 is 0.950 bits per heavy atom. The van der Waals surface area contributed by atoms with E-state index in [-0.39, 0.29) is 25.8 Å². The van der Waals surface area contributed by atoms with Crippen molar-refractivity contribution in [3.63, 3.8) is 0 Å². The summed E-state index contributed by atoms with van der Waals surface area (Å²) in [5, 5.41) is 11.2. The molecule has 0 bridgehead atoms. The van der Waals surface area contributed by atoms with Crippen molar-refractivity contribution in [3.8, 4) is 0 Å². The molecule has 0 radical (unpaired) electrons. The molecule has 0 aliphatic rings. The minimum atomic E-state index is 0. The molecule has 0 fully saturated rings. The molecule has 0 spiro atoms. The molecule has 1 rings (SSSR count). The molecule has 4 heteroatoms. The topological polar surface area (TPSA) is 42.3 Å². The second-order valence-corrected chi connectivity index (χ2v) is 2.86. The Labute approximate surface area is 147 Å². The van der Waals surface area contributed by atoms with Crippen LogP contribution in [0.15, 0.2) is 30.3 Å². The van der Waals surface area contributed by atoms with E-state index in [1.807, 2.05) is 51.1 Å². The summed E-state index contributed by atoms with van der Waals surface area (Å²) in [4.78, 5) is 0. The maximum absolute atomic E-state index is 3.74. The Bertz CT molecular complexity index is 124. The van der Waals surface area contributed by atoms with Gasteiger partial charge in [-0.15, -0.1) is 0 Å². The summed E-state index contributed by atoms with van der Waals surface area (Å²) in [6, 6.07) is 10.0. The van der Waals surface area contributed by atoms with Crippen molar-refractivity contribution in [1.29, 1.82) is 0 Å². The van der Waals surface area contributed by atoms with E-state index < -0.39 is 0 Å². The molecule has 0 N–H and O–H groups in total.